The van der Waals surface area contributed by atoms with Gasteiger partial charge in [0.15, 0.2) is 5.13 Å². The van der Waals surface area contributed by atoms with Crippen LogP contribution in [0.1, 0.15) is 5.56 Å². The summed E-state index contributed by atoms with van der Waals surface area (Å²) in [4.78, 5) is 16.4. The minimum Gasteiger partial charge on any atom is -0.308 e. The van der Waals surface area contributed by atoms with Crippen LogP contribution in [0.25, 0.3) is 11.3 Å². The third kappa shape index (κ3) is 4.18. The normalized spacial score (nSPS) is 10.3. The molecular weight excluding hydrogens is 374 g/mol. The van der Waals surface area contributed by atoms with E-state index in [2.05, 4.69) is 31.5 Å². The molecule has 0 atom stereocenters. The van der Waals surface area contributed by atoms with Crippen molar-refractivity contribution in [2.75, 3.05) is 10.6 Å². The maximum absolute atomic E-state index is 12.0. The zero-order valence-corrected chi connectivity index (χ0v) is 14.7. The van der Waals surface area contributed by atoms with Gasteiger partial charge in [-0.3, -0.25) is 5.32 Å². The highest BCUT2D eigenvalue weighted by Crippen LogP contribution is 2.26. The lowest BCUT2D eigenvalue weighted by molar-refractivity contribution is 0.262. The predicted octanol–water partition coefficient (Wildman–Crippen LogP) is 5.53. The molecular formula is C17H14BrN3OS. The summed E-state index contributed by atoms with van der Waals surface area (Å²) in [6.45, 7) is 2.00. The van der Waals surface area contributed by atoms with Gasteiger partial charge >= 0.3 is 6.03 Å². The summed E-state index contributed by atoms with van der Waals surface area (Å²) in [5, 5.41) is 8.02. The molecule has 116 valence electrons. The predicted molar refractivity (Wildman–Crippen MR) is 99.1 cm³/mol. The van der Waals surface area contributed by atoms with E-state index in [1.807, 2.05) is 60.8 Å². The molecule has 0 radical (unpaired) electrons. The number of carbonyl (C=O) groups excluding carboxylic acids is 1. The van der Waals surface area contributed by atoms with Gasteiger partial charge in [0.1, 0.15) is 0 Å². The lowest BCUT2D eigenvalue weighted by Crippen LogP contribution is -2.19. The summed E-state index contributed by atoms with van der Waals surface area (Å²) in [5.41, 5.74) is 3.75. The van der Waals surface area contributed by atoms with Crippen LogP contribution in [0.5, 0.6) is 0 Å². The summed E-state index contributed by atoms with van der Waals surface area (Å²) >= 11 is 4.80. The Morgan fingerprint density at radius 3 is 2.43 bits per heavy atom. The number of hydrogen-bond donors (Lipinski definition) is 2. The second kappa shape index (κ2) is 6.93. The second-order valence-corrected chi connectivity index (χ2v) is 6.76. The fraction of sp³-hybridized carbons (Fsp3) is 0.0588. The average molecular weight is 388 g/mol. The Bertz CT molecular complexity index is 813. The molecule has 0 spiro atoms. The molecule has 0 saturated heterocycles. The molecule has 2 amide bonds. The van der Waals surface area contributed by atoms with Gasteiger partial charge in [0.2, 0.25) is 0 Å². The van der Waals surface area contributed by atoms with E-state index in [0.29, 0.717) is 5.13 Å². The summed E-state index contributed by atoms with van der Waals surface area (Å²) in [6, 6.07) is 15.2. The number of halogens is 1. The minimum absolute atomic E-state index is 0.300. The summed E-state index contributed by atoms with van der Waals surface area (Å²) in [7, 11) is 0. The number of amides is 2. The highest BCUT2D eigenvalue weighted by molar-refractivity contribution is 9.10. The van der Waals surface area contributed by atoms with E-state index in [-0.39, 0.29) is 6.03 Å². The van der Waals surface area contributed by atoms with Crippen LogP contribution in [0.2, 0.25) is 0 Å². The quantitative estimate of drug-likeness (QED) is 0.620. The van der Waals surface area contributed by atoms with Gasteiger partial charge in [-0.05, 0) is 31.2 Å². The maximum atomic E-state index is 12.0. The van der Waals surface area contributed by atoms with Crippen LogP contribution in [-0.4, -0.2) is 11.0 Å². The topological polar surface area (TPSA) is 54.0 Å². The van der Waals surface area contributed by atoms with Gasteiger partial charge in [0.25, 0.3) is 0 Å². The van der Waals surface area contributed by atoms with Crippen molar-refractivity contribution in [3.63, 3.8) is 0 Å². The van der Waals surface area contributed by atoms with Crippen molar-refractivity contribution in [3.05, 3.63) is 63.9 Å². The van der Waals surface area contributed by atoms with Crippen molar-refractivity contribution in [2.24, 2.45) is 0 Å². The number of thiazole rings is 1. The molecule has 1 aromatic heterocycles. The minimum atomic E-state index is -0.300. The van der Waals surface area contributed by atoms with Crippen LogP contribution in [0.4, 0.5) is 15.6 Å². The third-order valence-corrected chi connectivity index (χ3v) is 4.46. The smallest absolute Gasteiger partial charge is 0.308 e. The Morgan fingerprint density at radius 2 is 1.74 bits per heavy atom. The molecule has 2 aromatic carbocycles. The molecule has 23 heavy (non-hydrogen) atoms. The van der Waals surface area contributed by atoms with Crippen molar-refractivity contribution in [3.8, 4) is 11.3 Å². The fourth-order valence-electron chi connectivity index (χ4n) is 1.98. The van der Waals surface area contributed by atoms with E-state index in [1.165, 1.54) is 11.3 Å². The number of aromatic nitrogens is 1. The number of aryl methyl sites for hydroxylation is 1. The maximum Gasteiger partial charge on any atom is 0.325 e. The summed E-state index contributed by atoms with van der Waals surface area (Å²) < 4.78 is 1.02. The number of hydrogen-bond acceptors (Lipinski definition) is 3. The van der Waals surface area contributed by atoms with Crippen molar-refractivity contribution in [1.29, 1.82) is 0 Å². The SMILES string of the molecule is Cc1ccc(NC(=O)Nc2nc(-c3ccc(Br)cc3)cs2)cc1. The van der Waals surface area contributed by atoms with Crippen molar-refractivity contribution >= 4 is 44.1 Å². The molecule has 4 nitrogen and oxygen atoms in total. The first-order chi connectivity index (χ1) is 11.1. The Labute approximate surface area is 146 Å². The Morgan fingerprint density at radius 1 is 1.04 bits per heavy atom. The summed E-state index contributed by atoms with van der Waals surface area (Å²) in [6.07, 6.45) is 0. The van der Waals surface area contributed by atoms with E-state index in [0.717, 1.165) is 27.0 Å². The van der Waals surface area contributed by atoms with Gasteiger partial charge < -0.3 is 5.32 Å². The van der Waals surface area contributed by atoms with Crippen molar-refractivity contribution in [2.45, 2.75) is 6.92 Å². The van der Waals surface area contributed by atoms with Crippen LogP contribution in [0.15, 0.2) is 58.4 Å². The molecule has 0 aliphatic rings. The molecule has 0 bridgehead atoms. The van der Waals surface area contributed by atoms with E-state index in [9.17, 15) is 4.79 Å². The highest BCUT2D eigenvalue weighted by Gasteiger charge is 2.08. The third-order valence-electron chi connectivity index (χ3n) is 3.17. The van der Waals surface area contributed by atoms with Gasteiger partial charge in [-0.25, -0.2) is 9.78 Å². The van der Waals surface area contributed by atoms with E-state index in [1.54, 1.807) is 0 Å². The number of benzene rings is 2. The van der Waals surface area contributed by atoms with Crippen LogP contribution < -0.4 is 10.6 Å². The Balaban J connectivity index is 1.65. The largest absolute Gasteiger partial charge is 0.325 e. The average Bonchev–Trinajstić information content (AvgIpc) is 2.98. The molecule has 0 aliphatic carbocycles. The van der Waals surface area contributed by atoms with Crippen molar-refractivity contribution in [1.82, 2.24) is 4.98 Å². The number of nitrogens with one attached hydrogen (secondary N) is 2. The lowest BCUT2D eigenvalue weighted by atomic mass is 10.2. The zero-order chi connectivity index (χ0) is 16.2. The van der Waals surface area contributed by atoms with Gasteiger partial charge in [-0.2, -0.15) is 0 Å². The molecule has 3 aromatic rings. The molecule has 3 rings (SSSR count). The number of rotatable bonds is 3. The first-order valence-corrected chi connectivity index (χ1v) is 8.63. The van der Waals surface area contributed by atoms with E-state index < -0.39 is 0 Å². The lowest BCUT2D eigenvalue weighted by Gasteiger charge is -2.05. The van der Waals surface area contributed by atoms with E-state index >= 15 is 0 Å². The number of nitrogens with zero attached hydrogens (tertiary/aromatic N) is 1. The molecule has 6 heteroatoms. The highest BCUT2D eigenvalue weighted by atomic mass is 79.9. The molecule has 2 N–H and O–H groups in total. The Kier molecular flexibility index (Phi) is 4.73. The van der Waals surface area contributed by atoms with Crippen LogP contribution in [0, 0.1) is 6.92 Å². The number of carbonyl (C=O) groups is 1. The van der Waals surface area contributed by atoms with Gasteiger partial charge in [0, 0.05) is 21.1 Å². The van der Waals surface area contributed by atoms with Gasteiger partial charge in [-0.1, -0.05) is 45.8 Å². The van der Waals surface area contributed by atoms with E-state index in [4.69, 9.17) is 0 Å². The molecule has 0 saturated carbocycles. The number of anilines is 2. The van der Waals surface area contributed by atoms with Crippen LogP contribution in [0.3, 0.4) is 0 Å². The standard InChI is InChI=1S/C17H14BrN3OS/c1-11-2-8-14(9-3-11)19-16(22)21-17-20-15(10-23-17)12-4-6-13(18)7-5-12/h2-10H,1H3,(H2,19,20,21,22). The first-order valence-electron chi connectivity index (χ1n) is 6.96. The fourth-order valence-corrected chi connectivity index (χ4v) is 2.96. The number of urea groups is 1. The van der Waals surface area contributed by atoms with Crippen molar-refractivity contribution < 1.29 is 4.79 Å². The zero-order valence-electron chi connectivity index (χ0n) is 12.3. The molecule has 0 fully saturated rings. The first kappa shape index (κ1) is 15.7. The van der Waals surface area contributed by atoms with Gasteiger partial charge in [0.05, 0.1) is 5.69 Å². The molecule has 1 heterocycles. The van der Waals surface area contributed by atoms with Gasteiger partial charge in [-0.15, -0.1) is 11.3 Å². The Hall–Kier alpha value is -2.18. The second-order valence-electron chi connectivity index (χ2n) is 4.99. The van der Waals surface area contributed by atoms with Crippen LogP contribution >= 0.6 is 27.3 Å². The van der Waals surface area contributed by atoms with Crippen LogP contribution in [-0.2, 0) is 0 Å². The molecule has 0 aliphatic heterocycles. The molecule has 0 unspecified atom stereocenters. The summed E-state index contributed by atoms with van der Waals surface area (Å²) in [5.74, 6) is 0. The monoisotopic (exact) mass is 387 g/mol.